The number of hydrogen-bond donors (Lipinski definition) is 1. The second-order valence-electron chi connectivity index (χ2n) is 3.79. The van der Waals surface area contributed by atoms with E-state index in [1.54, 1.807) is 0 Å². The third-order valence-corrected chi connectivity index (χ3v) is 3.13. The zero-order chi connectivity index (χ0) is 19.5. The molecule has 0 spiro atoms. The smallest absolute Gasteiger partial charge is 0.281 e. The standard InChI is InChI=1S/C6HF13O3S.Rb/c7-1(8,3(11,12)5(15,16)17)2(9,10)4(13,14)6(18,19)23(20,21)22;/h(H,20,21,22);. The van der Waals surface area contributed by atoms with Gasteiger partial charge in [-0.1, -0.05) is 0 Å². The summed E-state index contributed by atoms with van der Waals surface area (Å²) in [7, 11) is -7.61. The Balaban J connectivity index is 0. The van der Waals surface area contributed by atoms with Crippen molar-refractivity contribution >= 4 is 68.3 Å². The molecule has 0 aliphatic carbocycles. The van der Waals surface area contributed by atoms with E-state index in [4.69, 9.17) is 4.55 Å². The Bertz CT molecular complexity index is 565. The minimum Gasteiger partial charge on any atom is -0.281 e. The Labute approximate surface area is 172 Å². The van der Waals surface area contributed by atoms with E-state index in [-0.39, 0.29) is 58.2 Å². The first kappa shape index (κ1) is 27.0. The van der Waals surface area contributed by atoms with Gasteiger partial charge in [-0.05, 0) is 0 Å². The van der Waals surface area contributed by atoms with Crippen LogP contribution in [0.5, 0.6) is 0 Å². The van der Waals surface area contributed by atoms with Crippen LogP contribution >= 0.6 is 0 Å². The predicted molar refractivity (Wildman–Crippen MR) is 48.1 cm³/mol. The number of rotatable bonds is 5. The molecular weight excluding hydrogens is 485 g/mol. The maximum Gasteiger partial charge on any atom is 0.460 e. The molecule has 0 rings (SSSR count). The van der Waals surface area contributed by atoms with Crippen molar-refractivity contribution in [3.05, 3.63) is 0 Å². The average molecular weight is 486 g/mol. The van der Waals surface area contributed by atoms with E-state index < -0.39 is 45.2 Å². The monoisotopic (exact) mass is 485 g/mol. The summed E-state index contributed by atoms with van der Waals surface area (Å²) in [5.41, 5.74) is 0. The van der Waals surface area contributed by atoms with Crippen LogP contribution < -0.4 is 0 Å². The zero-order valence-electron chi connectivity index (χ0n) is 10.6. The van der Waals surface area contributed by atoms with E-state index in [9.17, 15) is 65.5 Å². The molecule has 0 saturated carbocycles. The Kier molecular flexibility index (Phi) is 7.61. The molecule has 0 bridgehead atoms. The fourth-order valence-corrected chi connectivity index (χ4v) is 1.37. The van der Waals surface area contributed by atoms with Gasteiger partial charge in [0, 0.05) is 58.2 Å². The summed E-state index contributed by atoms with van der Waals surface area (Å²) in [6.45, 7) is 0. The van der Waals surface area contributed by atoms with Gasteiger partial charge in [0.25, 0.3) is 0 Å². The van der Waals surface area contributed by atoms with Gasteiger partial charge in [-0.3, -0.25) is 4.55 Å². The summed E-state index contributed by atoms with van der Waals surface area (Å²) in [4.78, 5) is 0. The fraction of sp³-hybridized carbons (Fsp3) is 1.00. The van der Waals surface area contributed by atoms with Gasteiger partial charge in [0.2, 0.25) is 0 Å². The summed E-state index contributed by atoms with van der Waals surface area (Å²) >= 11 is 0. The molecule has 24 heavy (non-hydrogen) atoms. The topological polar surface area (TPSA) is 54.4 Å². The van der Waals surface area contributed by atoms with Gasteiger partial charge in [0.05, 0.1) is 0 Å². The molecule has 18 heteroatoms. The van der Waals surface area contributed by atoms with Gasteiger partial charge in [-0.15, -0.1) is 0 Å². The van der Waals surface area contributed by atoms with Crippen LogP contribution in [-0.4, -0.2) is 106 Å². The SMILES string of the molecule is O=S(=O)(O)C(F)(F)C(F)(F)C(F)(F)C(F)(F)C(F)(F)C(F)(F)F.[Rb]. The van der Waals surface area contributed by atoms with Crippen LogP contribution in [0.25, 0.3) is 0 Å². The minimum absolute atomic E-state index is 0. The van der Waals surface area contributed by atoms with Gasteiger partial charge >= 0.3 is 45.2 Å². The van der Waals surface area contributed by atoms with Gasteiger partial charge in [0.1, 0.15) is 0 Å². The van der Waals surface area contributed by atoms with E-state index in [0.717, 1.165) is 0 Å². The summed E-state index contributed by atoms with van der Waals surface area (Å²) in [6.07, 6.45) is -7.59. The van der Waals surface area contributed by atoms with Crippen LogP contribution in [0.2, 0.25) is 0 Å². The third-order valence-electron chi connectivity index (χ3n) is 2.23. The molecule has 0 atom stereocenters. The predicted octanol–water partition coefficient (Wildman–Crippen LogP) is 3.19. The van der Waals surface area contributed by atoms with Gasteiger partial charge < -0.3 is 0 Å². The van der Waals surface area contributed by atoms with Crippen molar-refractivity contribution in [3.8, 4) is 0 Å². The Morgan fingerprint density at radius 1 is 0.542 bits per heavy atom. The molecule has 0 saturated heterocycles. The van der Waals surface area contributed by atoms with Crippen molar-refractivity contribution in [1.29, 1.82) is 0 Å². The molecule has 0 aromatic rings. The molecule has 0 fully saturated rings. The first-order valence-corrected chi connectivity index (χ1v) is 5.87. The van der Waals surface area contributed by atoms with E-state index in [0.29, 0.717) is 0 Å². The Morgan fingerprint density at radius 3 is 1.00 bits per heavy atom. The summed E-state index contributed by atoms with van der Waals surface area (Å²) in [5.74, 6) is -32.5. The van der Waals surface area contributed by atoms with Crippen LogP contribution in [0.3, 0.4) is 0 Å². The Morgan fingerprint density at radius 2 is 0.792 bits per heavy atom. The molecule has 0 amide bonds. The molecule has 1 radical (unpaired) electrons. The van der Waals surface area contributed by atoms with Crippen LogP contribution in [-0.2, 0) is 10.1 Å². The molecule has 1 N–H and O–H groups in total. The van der Waals surface area contributed by atoms with Crippen LogP contribution in [0.4, 0.5) is 57.1 Å². The van der Waals surface area contributed by atoms with Crippen LogP contribution in [0.15, 0.2) is 0 Å². The van der Waals surface area contributed by atoms with Crippen LogP contribution in [0, 0.1) is 0 Å². The molecule has 0 aliphatic heterocycles. The maximum absolute atomic E-state index is 12.7. The minimum atomic E-state index is -8.25. The van der Waals surface area contributed by atoms with Crippen molar-refractivity contribution in [2.45, 2.75) is 35.1 Å². The average Bonchev–Trinajstić information content (AvgIpc) is 2.24. The summed E-state index contributed by atoms with van der Waals surface area (Å²) < 4.78 is 188. The molecule has 141 valence electrons. The first-order valence-electron chi connectivity index (χ1n) is 4.43. The molecule has 0 aliphatic rings. The van der Waals surface area contributed by atoms with E-state index in [1.807, 2.05) is 0 Å². The van der Waals surface area contributed by atoms with Crippen molar-refractivity contribution in [2.75, 3.05) is 0 Å². The van der Waals surface area contributed by atoms with Crippen molar-refractivity contribution in [3.63, 3.8) is 0 Å². The van der Waals surface area contributed by atoms with Crippen molar-refractivity contribution in [1.82, 2.24) is 0 Å². The largest absolute Gasteiger partial charge is 0.460 e. The van der Waals surface area contributed by atoms with Gasteiger partial charge in [0.15, 0.2) is 0 Å². The Hall–Kier alpha value is 0.805. The number of hydrogen-bond acceptors (Lipinski definition) is 2. The van der Waals surface area contributed by atoms with Gasteiger partial charge in [-0.25, -0.2) is 0 Å². The molecule has 0 aromatic carbocycles. The molecule has 0 aromatic heterocycles. The second-order valence-corrected chi connectivity index (χ2v) is 5.25. The zero-order valence-corrected chi connectivity index (χ0v) is 16.3. The normalized spacial score (nSPS) is 15.9. The number of alkyl halides is 13. The molecule has 0 heterocycles. The molecule has 3 nitrogen and oxygen atoms in total. The maximum atomic E-state index is 12.7. The summed E-state index contributed by atoms with van der Waals surface area (Å²) in [6, 6.07) is 0. The third kappa shape index (κ3) is 3.61. The molecular formula is C6HF13O3RbS. The van der Waals surface area contributed by atoms with Gasteiger partial charge in [-0.2, -0.15) is 65.5 Å². The van der Waals surface area contributed by atoms with E-state index in [2.05, 4.69) is 0 Å². The number of halogens is 13. The second kappa shape index (κ2) is 6.76. The quantitative estimate of drug-likeness (QED) is 0.481. The van der Waals surface area contributed by atoms with Crippen LogP contribution in [0.1, 0.15) is 0 Å². The summed E-state index contributed by atoms with van der Waals surface area (Å²) in [5, 5.41) is -7.52. The molecule has 0 unspecified atom stereocenters. The van der Waals surface area contributed by atoms with Crippen molar-refractivity contribution < 1.29 is 70.0 Å². The fourth-order valence-electron chi connectivity index (χ4n) is 0.917. The van der Waals surface area contributed by atoms with E-state index >= 15 is 0 Å². The first-order chi connectivity index (χ1) is 9.50. The van der Waals surface area contributed by atoms with E-state index in [1.165, 1.54) is 0 Å². The van der Waals surface area contributed by atoms with Crippen molar-refractivity contribution in [2.24, 2.45) is 0 Å².